The highest BCUT2D eigenvalue weighted by atomic mass is 16.5. The van der Waals surface area contributed by atoms with Gasteiger partial charge in [-0.25, -0.2) is 9.79 Å². The van der Waals surface area contributed by atoms with Gasteiger partial charge in [0, 0.05) is 23.2 Å². The minimum Gasteiger partial charge on any atom is -0.494 e. The molecule has 0 aliphatic rings. The van der Waals surface area contributed by atoms with Crippen molar-refractivity contribution in [2.45, 2.75) is 13.3 Å². The van der Waals surface area contributed by atoms with Crippen molar-refractivity contribution in [2.75, 3.05) is 13.2 Å². The highest BCUT2D eigenvalue weighted by Gasteiger charge is 2.04. The molecule has 1 aromatic carbocycles. The molecule has 0 saturated heterocycles. The Kier molecular flexibility index (Phi) is 3.58. The molecule has 17 heavy (non-hydrogen) atoms. The molecule has 0 aliphatic heterocycles. The Balaban J connectivity index is 2.25. The van der Waals surface area contributed by atoms with E-state index in [1.165, 1.54) is 0 Å². The van der Waals surface area contributed by atoms with Gasteiger partial charge in [-0.2, -0.15) is 0 Å². The van der Waals surface area contributed by atoms with Crippen LogP contribution in [0.25, 0.3) is 10.9 Å². The second-order valence-corrected chi connectivity index (χ2v) is 3.68. The summed E-state index contributed by atoms with van der Waals surface area (Å²) in [6.07, 6.45) is 4.23. The number of aliphatic imine (C=N–C) groups is 1. The molecule has 0 amide bonds. The van der Waals surface area contributed by atoms with Crippen LogP contribution in [0.1, 0.15) is 12.5 Å². The number of isocyanates is 1. The fourth-order valence-corrected chi connectivity index (χ4v) is 1.85. The molecule has 1 N–H and O–H groups in total. The molecule has 0 spiro atoms. The van der Waals surface area contributed by atoms with Crippen LogP contribution in [-0.4, -0.2) is 24.2 Å². The first kappa shape index (κ1) is 11.4. The molecule has 0 bridgehead atoms. The first-order valence-electron chi connectivity index (χ1n) is 5.61. The van der Waals surface area contributed by atoms with Crippen LogP contribution in [0.15, 0.2) is 29.4 Å². The molecule has 0 saturated carbocycles. The van der Waals surface area contributed by atoms with Crippen molar-refractivity contribution >= 4 is 17.0 Å². The number of nitrogens with zero attached hydrogens (tertiary/aromatic N) is 1. The summed E-state index contributed by atoms with van der Waals surface area (Å²) in [5.41, 5.74) is 2.20. The highest BCUT2D eigenvalue weighted by Crippen LogP contribution is 2.23. The van der Waals surface area contributed by atoms with Crippen LogP contribution < -0.4 is 4.74 Å². The molecule has 2 aromatic rings. The van der Waals surface area contributed by atoms with Gasteiger partial charge in [-0.3, -0.25) is 0 Å². The Morgan fingerprint density at radius 1 is 1.47 bits per heavy atom. The van der Waals surface area contributed by atoms with Crippen LogP contribution >= 0.6 is 0 Å². The van der Waals surface area contributed by atoms with E-state index in [1.807, 2.05) is 31.3 Å². The lowest BCUT2D eigenvalue weighted by molar-refractivity contribution is 0.340. The van der Waals surface area contributed by atoms with E-state index in [9.17, 15) is 4.79 Å². The van der Waals surface area contributed by atoms with Gasteiger partial charge in [0.15, 0.2) is 0 Å². The number of ether oxygens (including phenoxy) is 1. The van der Waals surface area contributed by atoms with E-state index >= 15 is 0 Å². The maximum Gasteiger partial charge on any atom is 0.234 e. The topological polar surface area (TPSA) is 54.4 Å². The van der Waals surface area contributed by atoms with E-state index < -0.39 is 0 Å². The smallest absolute Gasteiger partial charge is 0.234 e. The van der Waals surface area contributed by atoms with Gasteiger partial charge in [0.2, 0.25) is 6.08 Å². The van der Waals surface area contributed by atoms with E-state index in [1.54, 1.807) is 6.08 Å². The highest BCUT2D eigenvalue weighted by molar-refractivity contribution is 5.84. The van der Waals surface area contributed by atoms with Crippen LogP contribution in [0.3, 0.4) is 0 Å². The molecule has 4 heteroatoms. The van der Waals surface area contributed by atoms with Crippen molar-refractivity contribution in [3.05, 3.63) is 30.0 Å². The molecule has 0 unspecified atom stereocenters. The summed E-state index contributed by atoms with van der Waals surface area (Å²) >= 11 is 0. The van der Waals surface area contributed by atoms with Crippen molar-refractivity contribution in [1.82, 2.24) is 4.98 Å². The Morgan fingerprint density at radius 2 is 2.35 bits per heavy atom. The number of benzene rings is 1. The zero-order valence-electron chi connectivity index (χ0n) is 9.69. The summed E-state index contributed by atoms with van der Waals surface area (Å²) in [6, 6.07) is 5.95. The standard InChI is InChI=1S/C13H14N2O2/c1-2-17-11-3-4-12-10(5-6-14-9-16)8-15-13(12)7-11/h3-4,7-8,15H,2,5-6H2,1H3. The maximum absolute atomic E-state index is 10.00. The molecule has 1 aromatic heterocycles. The van der Waals surface area contributed by atoms with E-state index in [2.05, 4.69) is 9.98 Å². The van der Waals surface area contributed by atoms with Crippen molar-refractivity contribution < 1.29 is 9.53 Å². The predicted molar refractivity (Wildman–Crippen MR) is 66.2 cm³/mol. The molecule has 0 atom stereocenters. The fourth-order valence-electron chi connectivity index (χ4n) is 1.85. The summed E-state index contributed by atoms with van der Waals surface area (Å²) in [5.74, 6) is 0.860. The summed E-state index contributed by atoms with van der Waals surface area (Å²) in [5, 5.41) is 1.15. The molecule has 0 radical (unpaired) electrons. The lowest BCUT2D eigenvalue weighted by Crippen LogP contribution is -1.91. The van der Waals surface area contributed by atoms with Gasteiger partial charge in [0.1, 0.15) is 5.75 Å². The zero-order chi connectivity index (χ0) is 12.1. The number of nitrogens with one attached hydrogen (secondary N) is 1. The summed E-state index contributed by atoms with van der Waals surface area (Å²) < 4.78 is 5.43. The Morgan fingerprint density at radius 3 is 3.12 bits per heavy atom. The summed E-state index contributed by atoms with van der Waals surface area (Å²) in [4.78, 5) is 16.7. The molecule has 4 nitrogen and oxygen atoms in total. The molecular weight excluding hydrogens is 216 g/mol. The first-order chi connectivity index (χ1) is 8.35. The van der Waals surface area contributed by atoms with Crippen LogP contribution in [0, 0.1) is 0 Å². The molecule has 0 aliphatic carbocycles. The second-order valence-electron chi connectivity index (χ2n) is 3.68. The third-order valence-corrected chi connectivity index (χ3v) is 2.61. The van der Waals surface area contributed by atoms with Crippen LogP contribution in [0.5, 0.6) is 5.75 Å². The van der Waals surface area contributed by atoms with Gasteiger partial charge in [-0.15, -0.1) is 0 Å². The van der Waals surface area contributed by atoms with Crippen molar-refractivity contribution in [3.63, 3.8) is 0 Å². The van der Waals surface area contributed by atoms with Gasteiger partial charge in [-0.05, 0) is 31.0 Å². The number of rotatable bonds is 5. The Labute approximate surface area is 99.3 Å². The first-order valence-corrected chi connectivity index (χ1v) is 5.61. The van der Waals surface area contributed by atoms with E-state index in [-0.39, 0.29) is 0 Å². The van der Waals surface area contributed by atoms with Gasteiger partial charge in [0.05, 0.1) is 13.2 Å². The van der Waals surface area contributed by atoms with Crippen LogP contribution in [0.2, 0.25) is 0 Å². The number of hydrogen-bond donors (Lipinski definition) is 1. The van der Waals surface area contributed by atoms with Gasteiger partial charge in [-0.1, -0.05) is 0 Å². The number of fused-ring (bicyclic) bond motifs is 1. The average molecular weight is 230 g/mol. The number of carbonyl (C=O) groups excluding carboxylic acids is 1. The Hall–Kier alpha value is -2.06. The minimum atomic E-state index is 0.476. The summed E-state index contributed by atoms with van der Waals surface area (Å²) in [7, 11) is 0. The maximum atomic E-state index is 10.00. The van der Waals surface area contributed by atoms with E-state index in [4.69, 9.17) is 4.74 Å². The van der Waals surface area contributed by atoms with Gasteiger partial charge >= 0.3 is 0 Å². The number of hydrogen-bond acceptors (Lipinski definition) is 3. The predicted octanol–water partition coefficient (Wildman–Crippen LogP) is 2.44. The van der Waals surface area contributed by atoms with Crippen LogP contribution in [-0.2, 0) is 11.2 Å². The minimum absolute atomic E-state index is 0.476. The average Bonchev–Trinajstić information content (AvgIpc) is 2.73. The molecule has 2 rings (SSSR count). The molecule has 88 valence electrons. The lowest BCUT2D eigenvalue weighted by atomic mass is 10.1. The number of aromatic amines is 1. The van der Waals surface area contributed by atoms with Crippen LogP contribution in [0.4, 0.5) is 0 Å². The van der Waals surface area contributed by atoms with E-state index in [0.717, 1.165) is 28.6 Å². The van der Waals surface area contributed by atoms with Crippen molar-refractivity contribution in [3.8, 4) is 5.75 Å². The molecule has 0 fully saturated rings. The molecular formula is C13H14N2O2. The summed E-state index contributed by atoms with van der Waals surface area (Å²) in [6.45, 7) is 3.10. The largest absolute Gasteiger partial charge is 0.494 e. The SMILES string of the molecule is CCOc1ccc2c(CCN=C=O)c[nH]c2c1. The third-order valence-electron chi connectivity index (χ3n) is 2.61. The van der Waals surface area contributed by atoms with E-state index in [0.29, 0.717) is 13.2 Å². The Bertz CT molecular complexity index is 554. The monoisotopic (exact) mass is 230 g/mol. The second kappa shape index (κ2) is 5.32. The third kappa shape index (κ3) is 2.55. The zero-order valence-corrected chi connectivity index (χ0v) is 9.69. The number of aromatic nitrogens is 1. The van der Waals surface area contributed by atoms with Gasteiger partial charge in [0.25, 0.3) is 0 Å². The van der Waals surface area contributed by atoms with Crippen molar-refractivity contribution in [1.29, 1.82) is 0 Å². The van der Waals surface area contributed by atoms with Crippen molar-refractivity contribution in [2.24, 2.45) is 4.99 Å². The number of H-pyrrole nitrogens is 1. The normalized spacial score (nSPS) is 10.2. The quantitative estimate of drug-likeness (QED) is 0.633. The van der Waals surface area contributed by atoms with Gasteiger partial charge < -0.3 is 9.72 Å². The fraction of sp³-hybridized carbons (Fsp3) is 0.308. The lowest BCUT2D eigenvalue weighted by Gasteiger charge is -2.02. The molecule has 1 heterocycles.